The van der Waals surface area contributed by atoms with Gasteiger partial charge in [0.2, 0.25) is 10.0 Å². The van der Waals surface area contributed by atoms with Crippen molar-refractivity contribution < 1.29 is 17.5 Å². The molecule has 2 bridgehead atoms. The van der Waals surface area contributed by atoms with E-state index in [2.05, 4.69) is 36.8 Å². The van der Waals surface area contributed by atoms with Crippen molar-refractivity contribution >= 4 is 38.4 Å². The number of aromatic nitrogens is 5. The number of fused-ring (bicyclic) bond motifs is 3. The van der Waals surface area contributed by atoms with Crippen LogP contribution in [-0.4, -0.2) is 87.2 Å². The number of ether oxygens (including phenoxy) is 1. The van der Waals surface area contributed by atoms with Crippen LogP contribution in [0.1, 0.15) is 43.5 Å². The molecule has 0 saturated carbocycles. The number of anilines is 3. The fraction of sp³-hybridized carbons (Fsp3) is 0.467. The number of aryl methyl sites for hydroxylation is 1. The minimum absolute atomic E-state index is 0.00557. The summed E-state index contributed by atoms with van der Waals surface area (Å²) in [5, 5.41) is 15.1. The number of H-pyrrole nitrogens is 1. The zero-order chi connectivity index (χ0) is 30.3. The van der Waals surface area contributed by atoms with Crippen LogP contribution < -0.4 is 10.6 Å². The molecular formula is C30H36FN9O3S. The molecular weight excluding hydrogens is 585 g/mol. The molecule has 3 aliphatic rings. The van der Waals surface area contributed by atoms with Gasteiger partial charge in [0.15, 0.2) is 5.82 Å². The van der Waals surface area contributed by atoms with Gasteiger partial charge in [-0.1, -0.05) is 6.42 Å². The summed E-state index contributed by atoms with van der Waals surface area (Å²) >= 11 is 0. The molecule has 3 N–H and O–H groups in total. The highest BCUT2D eigenvalue weighted by Crippen LogP contribution is 2.39. The van der Waals surface area contributed by atoms with Gasteiger partial charge in [-0.2, -0.15) is 9.40 Å². The van der Waals surface area contributed by atoms with Gasteiger partial charge in [0, 0.05) is 67.2 Å². The Kier molecular flexibility index (Phi) is 7.91. The summed E-state index contributed by atoms with van der Waals surface area (Å²) in [5.74, 6) is 1.30. The van der Waals surface area contributed by atoms with Crippen LogP contribution in [0, 0.1) is 12.7 Å². The van der Waals surface area contributed by atoms with Gasteiger partial charge < -0.3 is 15.4 Å². The van der Waals surface area contributed by atoms with Gasteiger partial charge in [0.1, 0.15) is 22.3 Å². The largest absolute Gasteiger partial charge is 0.379 e. The molecule has 12 nitrogen and oxygen atoms in total. The molecule has 0 spiro atoms. The van der Waals surface area contributed by atoms with Crippen LogP contribution in [0.5, 0.6) is 0 Å². The lowest BCUT2D eigenvalue weighted by molar-refractivity contribution is 0.0337. The second-order valence-corrected chi connectivity index (χ2v) is 13.7. The van der Waals surface area contributed by atoms with E-state index in [1.807, 2.05) is 25.1 Å². The average Bonchev–Trinajstić information content (AvgIpc) is 3.41. The van der Waals surface area contributed by atoms with Crippen molar-refractivity contribution in [3.8, 4) is 0 Å². The number of hydrogen-bond acceptors (Lipinski definition) is 10. The highest BCUT2D eigenvalue weighted by molar-refractivity contribution is 7.89. The zero-order valence-corrected chi connectivity index (χ0v) is 25.4. The molecule has 4 aromatic rings. The number of nitrogens with zero attached hydrogens (tertiary/aromatic N) is 6. The van der Waals surface area contributed by atoms with E-state index >= 15 is 0 Å². The lowest BCUT2D eigenvalue weighted by atomic mass is 9.84. The van der Waals surface area contributed by atoms with E-state index < -0.39 is 15.8 Å². The van der Waals surface area contributed by atoms with Crippen LogP contribution in [-0.2, 0) is 21.3 Å². The van der Waals surface area contributed by atoms with Crippen molar-refractivity contribution in [1.82, 2.24) is 34.4 Å². The highest BCUT2D eigenvalue weighted by Gasteiger charge is 2.45. The van der Waals surface area contributed by atoms with Crippen LogP contribution in [0.4, 0.5) is 21.8 Å². The topological polar surface area (TPSA) is 141 Å². The van der Waals surface area contributed by atoms with E-state index in [0.717, 1.165) is 86.7 Å². The predicted molar refractivity (Wildman–Crippen MR) is 164 cm³/mol. The third kappa shape index (κ3) is 5.99. The maximum absolute atomic E-state index is 13.9. The van der Waals surface area contributed by atoms with E-state index in [0.29, 0.717) is 30.3 Å². The quantitative estimate of drug-likeness (QED) is 0.265. The number of nitrogens with one attached hydrogen (secondary N) is 3. The Morgan fingerprint density at radius 2 is 1.84 bits per heavy atom. The van der Waals surface area contributed by atoms with Crippen LogP contribution in [0.2, 0.25) is 0 Å². The van der Waals surface area contributed by atoms with E-state index in [-0.39, 0.29) is 23.0 Å². The predicted octanol–water partition coefficient (Wildman–Crippen LogP) is 3.96. The van der Waals surface area contributed by atoms with Gasteiger partial charge in [0.25, 0.3) is 0 Å². The number of aromatic amines is 1. The molecule has 0 amide bonds. The molecule has 0 radical (unpaired) electrons. The molecule has 232 valence electrons. The summed E-state index contributed by atoms with van der Waals surface area (Å²) in [4.78, 5) is 16.0. The second-order valence-electron chi connectivity index (χ2n) is 11.9. The van der Waals surface area contributed by atoms with Crippen LogP contribution in [0.25, 0.3) is 10.9 Å². The molecule has 0 aliphatic carbocycles. The van der Waals surface area contributed by atoms with Gasteiger partial charge in [0.05, 0.1) is 30.6 Å². The number of sulfonamides is 1. The summed E-state index contributed by atoms with van der Waals surface area (Å²) in [6.45, 7) is 5.88. The summed E-state index contributed by atoms with van der Waals surface area (Å²) in [5.41, 5.74) is 2.71. The van der Waals surface area contributed by atoms with Crippen LogP contribution in [0.3, 0.4) is 0 Å². The zero-order valence-electron chi connectivity index (χ0n) is 24.5. The maximum Gasteiger partial charge on any atom is 0.245 e. The van der Waals surface area contributed by atoms with Crippen molar-refractivity contribution in [2.75, 3.05) is 36.9 Å². The van der Waals surface area contributed by atoms with Crippen molar-refractivity contribution in [2.24, 2.45) is 0 Å². The lowest BCUT2D eigenvalue weighted by Gasteiger charge is -2.47. The molecule has 7 heterocycles. The second kappa shape index (κ2) is 12.0. The van der Waals surface area contributed by atoms with Gasteiger partial charge >= 0.3 is 0 Å². The van der Waals surface area contributed by atoms with Crippen molar-refractivity contribution in [3.05, 3.63) is 59.9 Å². The fourth-order valence-corrected chi connectivity index (χ4v) is 8.60. The molecule has 7 rings (SSSR count). The molecule has 14 heteroatoms. The summed E-state index contributed by atoms with van der Waals surface area (Å²) < 4.78 is 48.3. The maximum atomic E-state index is 13.9. The molecule has 3 aliphatic heterocycles. The van der Waals surface area contributed by atoms with Crippen molar-refractivity contribution in [1.29, 1.82) is 0 Å². The standard InChI is InChI=1S/C30H36FN9O3S/c1-19-11-29(38-37-19)35-28-15-27-26(6-5-21(33-27)18-39-7-9-43-10-8-39)30(36-28)34-22-13-23-3-2-4-24(14-22)40(23)44(41,42)25-12-20(31)16-32-17-25/h5-6,11-12,15-17,22-24H,2-4,7-10,13-14,18H2,1H3,(H3,34,35,36,37,38)/t22?,23-,24+. The summed E-state index contributed by atoms with van der Waals surface area (Å²) in [7, 11) is -3.89. The number of pyridine rings is 3. The number of hydrogen-bond donors (Lipinski definition) is 3. The molecule has 44 heavy (non-hydrogen) atoms. The molecule has 4 aromatic heterocycles. The third-order valence-electron chi connectivity index (χ3n) is 8.70. The molecule has 3 fully saturated rings. The SMILES string of the molecule is Cc1cc(Nc2cc3nc(CN4CCOCC4)ccc3c(NC3C[C@H]4CCC[C@@H](C3)N4S(=O)(=O)c3cncc(F)c3)n2)n[nH]1. The van der Waals surface area contributed by atoms with Crippen molar-refractivity contribution in [2.45, 2.75) is 68.6 Å². The normalized spacial score (nSPS) is 23.1. The Morgan fingerprint density at radius 1 is 1.05 bits per heavy atom. The van der Waals surface area contributed by atoms with Gasteiger partial charge in [-0.15, -0.1) is 0 Å². The highest BCUT2D eigenvalue weighted by atomic mass is 32.2. The van der Waals surface area contributed by atoms with E-state index in [1.165, 1.54) is 6.20 Å². The molecule has 1 unspecified atom stereocenters. The van der Waals surface area contributed by atoms with E-state index in [9.17, 15) is 12.8 Å². The first-order chi connectivity index (χ1) is 21.3. The Morgan fingerprint density at radius 3 is 2.57 bits per heavy atom. The fourth-order valence-electron chi connectivity index (χ4n) is 6.73. The average molecular weight is 622 g/mol. The number of halogens is 1. The first-order valence-electron chi connectivity index (χ1n) is 15.1. The van der Waals surface area contributed by atoms with E-state index in [1.54, 1.807) is 4.31 Å². The Labute approximate surface area is 255 Å². The summed E-state index contributed by atoms with van der Waals surface area (Å²) in [6, 6.07) is 8.60. The molecule has 3 saturated heterocycles. The van der Waals surface area contributed by atoms with E-state index in [4.69, 9.17) is 14.7 Å². The van der Waals surface area contributed by atoms with Gasteiger partial charge in [-0.05, 0) is 50.8 Å². The minimum atomic E-state index is -3.89. The van der Waals surface area contributed by atoms with Crippen LogP contribution in [0.15, 0.2) is 47.6 Å². The monoisotopic (exact) mass is 621 g/mol. The Balaban J connectivity index is 1.17. The Bertz CT molecular complexity index is 1750. The van der Waals surface area contributed by atoms with Gasteiger partial charge in [-0.3, -0.25) is 20.0 Å². The lowest BCUT2D eigenvalue weighted by Crippen LogP contribution is -2.56. The Hall–Kier alpha value is -3.72. The third-order valence-corrected chi connectivity index (χ3v) is 10.7. The minimum Gasteiger partial charge on any atom is -0.379 e. The number of rotatable bonds is 8. The van der Waals surface area contributed by atoms with Gasteiger partial charge in [-0.25, -0.2) is 17.8 Å². The summed E-state index contributed by atoms with van der Waals surface area (Å²) in [6.07, 6.45) is 5.92. The molecule has 3 atom stereocenters. The smallest absolute Gasteiger partial charge is 0.245 e. The number of morpholine rings is 1. The first kappa shape index (κ1) is 29.0. The first-order valence-corrected chi connectivity index (χ1v) is 16.6. The van der Waals surface area contributed by atoms with Crippen LogP contribution >= 0.6 is 0 Å². The molecule has 0 aromatic carbocycles. The number of piperidine rings is 2. The van der Waals surface area contributed by atoms with Crippen molar-refractivity contribution in [3.63, 3.8) is 0 Å².